The smallest absolute Gasteiger partial charge is 0.456 e. The van der Waals surface area contributed by atoms with E-state index in [9.17, 15) is 19.0 Å². The van der Waals surface area contributed by atoms with Crippen LogP contribution < -0.4 is 5.32 Å². The summed E-state index contributed by atoms with van der Waals surface area (Å²) in [5, 5.41) is 3.03. The van der Waals surface area contributed by atoms with Gasteiger partial charge in [-0.15, -0.1) is 0 Å². The molecule has 0 aromatic heterocycles. The molecule has 0 heterocycles. The quantitative estimate of drug-likeness (QED) is 0.0156. The van der Waals surface area contributed by atoms with Gasteiger partial charge >= 0.3 is 13.8 Å². The Hall–Kier alpha value is -2.29. The lowest BCUT2D eigenvalue weighted by Gasteiger charge is -2.27. The fourth-order valence-corrected chi connectivity index (χ4v) is 8.79. The third-order valence-electron chi connectivity index (χ3n) is 12.5. The highest BCUT2D eigenvalue weighted by Crippen LogP contribution is 2.43. The van der Waals surface area contributed by atoms with Crippen LogP contribution in [0.1, 0.15) is 252 Å². The van der Waals surface area contributed by atoms with Crippen LogP contribution in [0.15, 0.2) is 60.8 Å². The number of nitrogens with one attached hydrogen (secondary N) is 1. The Morgan fingerprint density at radius 2 is 0.942 bits per heavy atom. The van der Waals surface area contributed by atoms with E-state index in [1.807, 2.05) is 33.3 Å². The summed E-state index contributed by atoms with van der Waals surface area (Å²) in [6.45, 7) is 6.86. The predicted octanol–water partition coefficient (Wildman–Crippen LogP) is 17.1. The normalized spacial score (nSPS) is 14.2. The zero-order valence-electron chi connectivity index (χ0n) is 45.8. The van der Waals surface area contributed by atoms with Crippen molar-refractivity contribution < 1.29 is 37.3 Å². The summed E-state index contributed by atoms with van der Waals surface area (Å²) >= 11 is 0. The molecular weight excluding hydrogens is 880 g/mol. The Kier molecular flexibility index (Phi) is 47.7. The standard InChI is InChI=1S/C59H109N2O7P/c1-7-10-13-16-19-22-25-28-29-30-31-34-37-40-43-46-49-52-59(63)68-57(50-47-44-41-38-35-32-26-23-20-17-14-11-8-2)56(55-67-69(64,65)66-54-53-61(4,5)6)60-58(62)51-48-45-42-39-36-33-27-24-21-18-15-12-9-3/h12,15,18,21,24,27-29,47,50,56-57H,7-11,13-14,16-17,19-20,22-23,25-26,30-46,48-49,51-55H2,1-6H3,(H-,60,62,64,65)/p+1/b15-12+,21-18+,27-24-,29-28+,50-47+. The van der Waals surface area contributed by atoms with Gasteiger partial charge in [-0.1, -0.05) is 223 Å². The van der Waals surface area contributed by atoms with Crippen molar-refractivity contribution in [3.8, 4) is 0 Å². The molecule has 3 atom stereocenters. The second-order valence-electron chi connectivity index (χ2n) is 20.5. The van der Waals surface area contributed by atoms with E-state index in [2.05, 4.69) is 74.7 Å². The molecule has 0 aliphatic heterocycles. The Balaban J connectivity index is 5.38. The van der Waals surface area contributed by atoms with Crippen LogP contribution in [0.4, 0.5) is 0 Å². The number of nitrogens with zero attached hydrogens (tertiary/aromatic N) is 1. The third-order valence-corrected chi connectivity index (χ3v) is 13.5. The van der Waals surface area contributed by atoms with Gasteiger partial charge in [0.25, 0.3) is 0 Å². The summed E-state index contributed by atoms with van der Waals surface area (Å²) in [5.41, 5.74) is 0. The van der Waals surface area contributed by atoms with Crippen molar-refractivity contribution in [2.75, 3.05) is 40.9 Å². The molecule has 0 rings (SSSR count). The predicted molar refractivity (Wildman–Crippen MR) is 295 cm³/mol. The van der Waals surface area contributed by atoms with Crippen molar-refractivity contribution in [2.24, 2.45) is 0 Å². The van der Waals surface area contributed by atoms with E-state index in [1.54, 1.807) is 0 Å². The van der Waals surface area contributed by atoms with Gasteiger partial charge in [0.15, 0.2) is 0 Å². The molecular formula is C59H110N2O7P+. The molecule has 0 saturated heterocycles. The third kappa shape index (κ3) is 50.4. The molecule has 69 heavy (non-hydrogen) atoms. The summed E-state index contributed by atoms with van der Waals surface area (Å²) in [7, 11) is 1.48. The molecule has 0 aliphatic carbocycles. The number of phosphoric acid groups is 1. The maximum Gasteiger partial charge on any atom is 0.472 e. The first-order valence-electron chi connectivity index (χ1n) is 28.6. The molecule has 0 spiro atoms. The van der Waals surface area contributed by atoms with Gasteiger partial charge in [0, 0.05) is 12.8 Å². The fourth-order valence-electron chi connectivity index (χ4n) is 8.05. The molecule has 10 heteroatoms. The number of allylic oxidation sites excluding steroid dienone is 9. The van der Waals surface area contributed by atoms with Crippen molar-refractivity contribution in [3.05, 3.63) is 60.8 Å². The Morgan fingerprint density at radius 3 is 1.42 bits per heavy atom. The van der Waals surface area contributed by atoms with Crippen LogP contribution in [0.2, 0.25) is 0 Å². The summed E-state index contributed by atoms with van der Waals surface area (Å²) in [4.78, 5) is 37.6. The highest BCUT2D eigenvalue weighted by atomic mass is 31.2. The van der Waals surface area contributed by atoms with E-state index < -0.39 is 20.0 Å². The number of carbonyl (C=O) groups excluding carboxylic acids is 2. The zero-order chi connectivity index (χ0) is 50.8. The number of phosphoric ester groups is 1. The average molecular weight is 991 g/mol. The number of unbranched alkanes of at least 4 members (excludes halogenated alkanes) is 29. The Bertz CT molecular complexity index is 1370. The van der Waals surface area contributed by atoms with E-state index >= 15 is 0 Å². The molecule has 402 valence electrons. The molecule has 3 unspecified atom stereocenters. The number of hydrogen-bond acceptors (Lipinski definition) is 6. The number of rotatable bonds is 51. The van der Waals surface area contributed by atoms with E-state index in [-0.39, 0.29) is 31.5 Å². The molecule has 1 amide bonds. The minimum atomic E-state index is -4.45. The SMILES string of the molecule is CC/C=C/C=C/C=C\CCCCCCCC(=O)NC(COP(=O)(O)OCC[N+](C)(C)C)C(/C=C/CCCCCCCCCCCCC)OC(=O)CCCCCCCCC/C=C/CCCCCCCC. The second kappa shape index (κ2) is 49.3. The van der Waals surface area contributed by atoms with Crippen LogP contribution in [0.3, 0.4) is 0 Å². The molecule has 0 fully saturated rings. The Labute approximate surface area is 426 Å². The molecule has 0 aromatic rings. The first-order chi connectivity index (χ1) is 33.4. The van der Waals surface area contributed by atoms with Gasteiger partial charge < -0.3 is 19.4 Å². The van der Waals surface area contributed by atoms with Crippen molar-refractivity contribution >= 4 is 19.7 Å². The van der Waals surface area contributed by atoms with Crippen molar-refractivity contribution in [1.82, 2.24) is 5.32 Å². The zero-order valence-corrected chi connectivity index (χ0v) is 46.7. The van der Waals surface area contributed by atoms with E-state index in [1.165, 1.54) is 122 Å². The molecule has 0 radical (unpaired) electrons. The van der Waals surface area contributed by atoms with E-state index in [0.29, 0.717) is 17.4 Å². The second-order valence-corrected chi connectivity index (χ2v) is 21.9. The highest BCUT2D eigenvalue weighted by Gasteiger charge is 2.30. The summed E-state index contributed by atoms with van der Waals surface area (Å²) in [6.07, 6.45) is 60.7. The van der Waals surface area contributed by atoms with E-state index in [0.717, 1.165) is 96.3 Å². The molecule has 0 saturated carbocycles. The van der Waals surface area contributed by atoms with Crippen LogP contribution in [0, 0.1) is 0 Å². The van der Waals surface area contributed by atoms with Crippen LogP contribution >= 0.6 is 7.82 Å². The van der Waals surface area contributed by atoms with Gasteiger partial charge in [-0.05, 0) is 76.7 Å². The molecule has 9 nitrogen and oxygen atoms in total. The van der Waals surface area contributed by atoms with E-state index in [4.69, 9.17) is 13.8 Å². The van der Waals surface area contributed by atoms with Gasteiger partial charge in [0.05, 0.1) is 33.8 Å². The summed E-state index contributed by atoms with van der Waals surface area (Å²) in [5.74, 6) is -0.532. The largest absolute Gasteiger partial charge is 0.472 e. The van der Waals surface area contributed by atoms with Gasteiger partial charge in [-0.25, -0.2) is 4.57 Å². The van der Waals surface area contributed by atoms with Crippen molar-refractivity contribution in [1.29, 1.82) is 0 Å². The van der Waals surface area contributed by atoms with Gasteiger partial charge in [-0.2, -0.15) is 0 Å². The lowest BCUT2D eigenvalue weighted by atomic mass is 10.0. The number of hydrogen-bond donors (Lipinski definition) is 2. The molecule has 2 N–H and O–H groups in total. The first kappa shape index (κ1) is 66.7. The highest BCUT2D eigenvalue weighted by molar-refractivity contribution is 7.47. The van der Waals surface area contributed by atoms with Crippen molar-refractivity contribution in [2.45, 2.75) is 264 Å². The monoisotopic (exact) mass is 990 g/mol. The summed E-state index contributed by atoms with van der Waals surface area (Å²) < 4.78 is 30.6. The van der Waals surface area contributed by atoms with Gasteiger partial charge in [-0.3, -0.25) is 18.6 Å². The maximum absolute atomic E-state index is 13.5. The first-order valence-corrected chi connectivity index (χ1v) is 30.1. The number of quaternary nitrogens is 1. The van der Waals surface area contributed by atoms with Crippen LogP contribution in [-0.4, -0.2) is 74.3 Å². The lowest BCUT2D eigenvalue weighted by molar-refractivity contribution is -0.870. The van der Waals surface area contributed by atoms with Crippen LogP contribution in [-0.2, 0) is 27.9 Å². The number of esters is 1. The lowest BCUT2D eigenvalue weighted by Crippen LogP contribution is -2.47. The molecule has 0 aliphatic rings. The number of amides is 1. The van der Waals surface area contributed by atoms with Gasteiger partial charge in [0.1, 0.15) is 19.3 Å². The molecule has 0 bridgehead atoms. The topological polar surface area (TPSA) is 111 Å². The van der Waals surface area contributed by atoms with Crippen molar-refractivity contribution in [3.63, 3.8) is 0 Å². The Morgan fingerprint density at radius 1 is 0.522 bits per heavy atom. The average Bonchev–Trinajstić information content (AvgIpc) is 3.31. The minimum Gasteiger partial charge on any atom is -0.456 e. The van der Waals surface area contributed by atoms with Crippen LogP contribution in [0.5, 0.6) is 0 Å². The minimum absolute atomic E-state index is 0.0340. The molecule has 0 aromatic carbocycles. The fraction of sp³-hybridized carbons (Fsp3) is 0.797. The van der Waals surface area contributed by atoms with Crippen LogP contribution in [0.25, 0.3) is 0 Å². The number of likely N-dealkylation sites (N-methyl/N-ethyl adjacent to an activating group) is 1. The maximum atomic E-state index is 13.5. The summed E-state index contributed by atoms with van der Waals surface area (Å²) in [6, 6.07) is -0.860. The number of carbonyl (C=O) groups is 2. The number of ether oxygens (including phenoxy) is 1. The van der Waals surface area contributed by atoms with Gasteiger partial charge in [0.2, 0.25) is 5.91 Å².